The lowest BCUT2D eigenvalue weighted by Gasteiger charge is -2.10. The number of esters is 1. The monoisotopic (exact) mass is 318 g/mol. The molecule has 2 aromatic heterocycles. The van der Waals surface area contributed by atoms with E-state index in [0.717, 1.165) is 21.9 Å². The van der Waals surface area contributed by atoms with E-state index in [1.165, 1.54) is 13.4 Å². The lowest BCUT2D eigenvalue weighted by Crippen LogP contribution is -2.06. The first-order valence-corrected chi connectivity index (χ1v) is 7.43. The van der Waals surface area contributed by atoms with Gasteiger partial charge in [-0.3, -0.25) is 0 Å². The van der Waals surface area contributed by atoms with E-state index in [4.69, 9.17) is 4.74 Å². The molecule has 24 heavy (non-hydrogen) atoms. The summed E-state index contributed by atoms with van der Waals surface area (Å²) < 4.78 is 4.83. The number of ether oxygens (including phenoxy) is 1. The van der Waals surface area contributed by atoms with Crippen molar-refractivity contribution in [1.82, 2.24) is 15.0 Å². The second kappa shape index (κ2) is 5.66. The summed E-state index contributed by atoms with van der Waals surface area (Å²) >= 11 is 0. The van der Waals surface area contributed by atoms with Gasteiger partial charge in [-0.15, -0.1) is 0 Å². The lowest BCUT2D eigenvalue weighted by molar-refractivity contribution is 0.0602. The third-order valence-corrected chi connectivity index (χ3v) is 3.87. The summed E-state index contributed by atoms with van der Waals surface area (Å²) in [5.41, 5.74) is 3.68. The number of anilines is 2. The van der Waals surface area contributed by atoms with Crippen molar-refractivity contribution in [3.05, 3.63) is 60.4 Å². The van der Waals surface area contributed by atoms with Crippen LogP contribution in [0, 0.1) is 0 Å². The van der Waals surface area contributed by atoms with E-state index in [-0.39, 0.29) is 0 Å². The van der Waals surface area contributed by atoms with Crippen LogP contribution in [0.5, 0.6) is 0 Å². The van der Waals surface area contributed by atoms with Crippen molar-refractivity contribution in [1.29, 1.82) is 0 Å². The number of methoxy groups -OCH3 is 1. The molecule has 0 aliphatic carbocycles. The molecule has 2 N–H and O–H groups in total. The van der Waals surface area contributed by atoms with Crippen molar-refractivity contribution < 1.29 is 9.53 Å². The Morgan fingerprint density at radius 1 is 1.08 bits per heavy atom. The summed E-state index contributed by atoms with van der Waals surface area (Å²) in [5, 5.41) is 4.24. The summed E-state index contributed by atoms with van der Waals surface area (Å²) in [5.74, 6) is 0.201. The first-order valence-electron chi connectivity index (χ1n) is 7.43. The largest absolute Gasteiger partial charge is 0.465 e. The molecule has 0 unspecified atom stereocenters. The molecule has 118 valence electrons. The number of hydrogen-bond acceptors (Lipinski definition) is 5. The standard InChI is InChI=1S/C18H14N4O2/c1-24-18(23)12-7-3-5-9-14(12)22-17-16-15(19-10-20-17)11-6-2-4-8-13(11)21-16/h2-10,21H,1H3,(H,19,20,22). The second-order valence-corrected chi connectivity index (χ2v) is 5.28. The van der Waals surface area contributed by atoms with Gasteiger partial charge in [0, 0.05) is 10.9 Å². The molecule has 0 spiro atoms. The van der Waals surface area contributed by atoms with Crippen molar-refractivity contribution in [2.24, 2.45) is 0 Å². The number of H-pyrrole nitrogens is 1. The van der Waals surface area contributed by atoms with E-state index < -0.39 is 5.97 Å². The molecule has 0 atom stereocenters. The predicted octanol–water partition coefficient (Wildman–Crippen LogP) is 3.64. The lowest BCUT2D eigenvalue weighted by atomic mass is 10.2. The van der Waals surface area contributed by atoms with Crippen molar-refractivity contribution in [2.75, 3.05) is 12.4 Å². The van der Waals surface area contributed by atoms with E-state index in [1.54, 1.807) is 12.1 Å². The third kappa shape index (κ3) is 2.25. The minimum Gasteiger partial charge on any atom is -0.465 e. The van der Waals surface area contributed by atoms with Gasteiger partial charge < -0.3 is 15.0 Å². The number of nitrogens with one attached hydrogen (secondary N) is 2. The number of nitrogens with zero attached hydrogens (tertiary/aromatic N) is 2. The first-order chi connectivity index (χ1) is 11.8. The van der Waals surface area contributed by atoms with Gasteiger partial charge in [0.05, 0.1) is 18.4 Å². The maximum Gasteiger partial charge on any atom is 0.339 e. The van der Waals surface area contributed by atoms with E-state index in [1.807, 2.05) is 36.4 Å². The maximum atomic E-state index is 11.9. The molecule has 6 nitrogen and oxygen atoms in total. The first kappa shape index (κ1) is 14.2. The number of para-hydroxylation sites is 2. The maximum absolute atomic E-state index is 11.9. The average Bonchev–Trinajstić information content (AvgIpc) is 3.01. The number of rotatable bonds is 3. The van der Waals surface area contributed by atoms with Crippen LogP contribution >= 0.6 is 0 Å². The third-order valence-electron chi connectivity index (χ3n) is 3.87. The molecular formula is C18H14N4O2. The normalized spacial score (nSPS) is 10.9. The average molecular weight is 318 g/mol. The fraction of sp³-hybridized carbons (Fsp3) is 0.0556. The van der Waals surface area contributed by atoms with Gasteiger partial charge in [-0.2, -0.15) is 0 Å². The molecule has 2 aromatic carbocycles. The number of benzene rings is 2. The van der Waals surface area contributed by atoms with Crippen LogP contribution in [0.3, 0.4) is 0 Å². The van der Waals surface area contributed by atoms with Gasteiger partial charge in [0.2, 0.25) is 0 Å². The number of hydrogen-bond donors (Lipinski definition) is 2. The summed E-state index contributed by atoms with van der Waals surface area (Å²) in [6, 6.07) is 15.1. The zero-order valence-corrected chi connectivity index (χ0v) is 12.9. The molecule has 0 radical (unpaired) electrons. The quantitative estimate of drug-likeness (QED) is 0.564. The van der Waals surface area contributed by atoms with Crippen LogP contribution in [-0.4, -0.2) is 28.0 Å². The fourth-order valence-electron chi connectivity index (χ4n) is 2.74. The zero-order chi connectivity index (χ0) is 16.5. The van der Waals surface area contributed by atoms with Crippen LogP contribution in [0.25, 0.3) is 21.9 Å². The van der Waals surface area contributed by atoms with Gasteiger partial charge >= 0.3 is 5.97 Å². The van der Waals surface area contributed by atoms with E-state index >= 15 is 0 Å². The molecule has 0 saturated carbocycles. The molecule has 0 amide bonds. The molecule has 0 fully saturated rings. The van der Waals surface area contributed by atoms with Crippen LogP contribution < -0.4 is 5.32 Å². The van der Waals surface area contributed by atoms with E-state index in [2.05, 4.69) is 20.3 Å². The molecule has 2 heterocycles. The highest BCUT2D eigenvalue weighted by Crippen LogP contribution is 2.29. The highest BCUT2D eigenvalue weighted by molar-refractivity contribution is 6.08. The Morgan fingerprint density at radius 2 is 1.88 bits per heavy atom. The predicted molar refractivity (Wildman–Crippen MR) is 92.5 cm³/mol. The van der Waals surface area contributed by atoms with Crippen LogP contribution in [0.15, 0.2) is 54.9 Å². The summed E-state index contributed by atoms with van der Waals surface area (Å²) in [4.78, 5) is 23.9. The highest BCUT2D eigenvalue weighted by Gasteiger charge is 2.14. The Balaban J connectivity index is 1.85. The molecule has 4 aromatic rings. The molecular weight excluding hydrogens is 304 g/mol. The number of aromatic amines is 1. The Kier molecular flexibility index (Phi) is 3.35. The highest BCUT2D eigenvalue weighted by atomic mass is 16.5. The van der Waals surface area contributed by atoms with Crippen molar-refractivity contribution >= 4 is 39.4 Å². The van der Waals surface area contributed by atoms with Gasteiger partial charge in [0.15, 0.2) is 5.82 Å². The molecule has 0 aliphatic rings. The topological polar surface area (TPSA) is 79.9 Å². The number of fused-ring (bicyclic) bond motifs is 3. The molecule has 6 heteroatoms. The zero-order valence-electron chi connectivity index (χ0n) is 12.9. The smallest absolute Gasteiger partial charge is 0.339 e. The molecule has 0 bridgehead atoms. The van der Waals surface area contributed by atoms with Gasteiger partial charge in [-0.05, 0) is 18.2 Å². The summed E-state index contributed by atoms with van der Waals surface area (Å²) in [6.07, 6.45) is 1.51. The number of aromatic nitrogens is 3. The molecule has 4 rings (SSSR count). The van der Waals surface area contributed by atoms with E-state index in [0.29, 0.717) is 17.1 Å². The van der Waals surface area contributed by atoms with Gasteiger partial charge in [-0.25, -0.2) is 14.8 Å². The second-order valence-electron chi connectivity index (χ2n) is 5.28. The minimum absolute atomic E-state index is 0.403. The van der Waals surface area contributed by atoms with Crippen LogP contribution in [0.1, 0.15) is 10.4 Å². The van der Waals surface area contributed by atoms with Crippen LogP contribution in [0.2, 0.25) is 0 Å². The van der Waals surface area contributed by atoms with Gasteiger partial charge in [-0.1, -0.05) is 30.3 Å². The fourth-order valence-corrected chi connectivity index (χ4v) is 2.74. The molecule has 0 aliphatic heterocycles. The summed E-state index contributed by atoms with van der Waals surface area (Å²) in [6.45, 7) is 0. The minimum atomic E-state index is -0.403. The number of carbonyl (C=O) groups is 1. The van der Waals surface area contributed by atoms with Crippen LogP contribution in [-0.2, 0) is 4.74 Å². The van der Waals surface area contributed by atoms with Crippen molar-refractivity contribution in [3.8, 4) is 0 Å². The van der Waals surface area contributed by atoms with E-state index in [9.17, 15) is 4.79 Å². The van der Waals surface area contributed by atoms with Crippen molar-refractivity contribution in [3.63, 3.8) is 0 Å². The summed E-state index contributed by atoms with van der Waals surface area (Å²) in [7, 11) is 1.36. The Morgan fingerprint density at radius 3 is 2.75 bits per heavy atom. The number of carbonyl (C=O) groups excluding carboxylic acids is 1. The SMILES string of the molecule is COC(=O)c1ccccc1Nc1ncnc2c1[nH]c1ccccc12. The Labute approximate surface area is 137 Å². The van der Waals surface area contributed by atoms with Crippen LogP contribution in [0.4, 0.5) is 11.5 Å². The van der Waals surface area contributed by atoms with Gasteiger partial charge in [0.25, 0.3) is 0 Å². The van der Waals surface area contributed by atoms with Crippen molar-refractivity contribution in [2.45, 2.75) is 0 Å². The Bertz CT molecular complexity index is 1060. The van der Waals surface area contributed by atoms with Gasteiger partial charge in [0.1, 0.15) is 17.4 Å². The Hall–Kier alpha value is -3.41. The molecule has 0 saturated heterocycles.